The molecule has 0 radical (unpaired) electrons. The molecule has 0 unspecified atom stereocenters. The number of allylic oxidation sites excluding steroid dienone is 1. The molecule has 5 heteroatoms. The molecule has 0 bridgehead atoms. The van der Waals surface area contributed by atoms with Gasteiger partial charge in [0.1, 0.15) is 0 Å². The normalized spacial score (nSPS) is 9.56. The molecule has 0 aromatic heterocycles. The first-order chi connectivity index (χ1) is 7.58. The monoisotopic (exact) mass is 221 g/mol. The molecule has 5 nitrogen and oxygen atoms in total. The third-order valence-electron chi connectivity index (χ3n) is 1.99. The number of nitro groups is 1. The smallest absolute Gasteiger partial charge is 0.338 e. The van der Waals surface area contributed by atoms with E-state index in [1.165, 1.54) is 19.2 Å². The van der Waals surface area contributed by atoms with E-state index in [0.717, 1.165) is 0 Å². The van der Waals surface area contributed by atoms with Crippen LogP contribution in [0.4, 0.5) is 5.69 Å². The van der Waals surface area contributed by atoms with E-state index in [0.29, 0.717) is 12.0 Å². The lowest BCUT2D eigenvalue weighted by Crippen LogP contribution is -2.03. The SMILES string of the molecule is C=CCc1cc(C(=O)OC)cc([N+](=O)[O-])c1. The van der Waals surface area contributed by atoms with Crippen molar-refractivity contribution in [1.29, 1.82) is 0 Å². The summed E-state index contributed by atoms with van der Waals surface area (Å²) in [5.74, 6) is -0.589. The van der Waals surface area contributed by atoms with Crippen molar-refractivity contribution in [2.24, 2.45) is 0 Å². The van der Waals surface area contributed by atoms with Crippen LogP contribution in [-0.4, -0.2) is 18.0 Å². The van der Waals surface area contributed by atoms with Crippen LogP contribution in [0, 0.1) is 10.1 Å². The number of ether oxygens (including phenoxy) is 1. The summed E-state index contributed by atoms with van der Waals surface area (Å²) >= 11 is 0. The van der Waals surface area contributed by atoms with E-state index in [-0.39, 0.29) is 11.3 Å². The van der Waals surface area contributed by atoms with Gasteiger partial charge in [-0.2, -0.15) is 0 Å². The predicted molar refractivity (Wildman–Crippen MR) is 58.3 cm³/mol. The zero-order chi connectivity index (χ0) is 12.1. The Morgan fingerprint density at radius 2 is 2.25 bits per heavy atom. The van der Waals surface area contributed by atoms with Gasteiger partial charge in [-0.3, -0.25) is 10.1 Å². The molecule has 0 amide bonds. The highest BCUT2D eigenvalue weighted by molar-refractivity contribution is 5.90. The van der Waals surface area contributed by atoms with Crippen LogP contribution in [0.15, 0.2) is 30.9 Å². The van der Waals surface area contributed by atoms with Gasteiger partial charge in [-0.1, -0.05) is 6.08 Å². The van der Waals surface area contributed by atoms with Gasteiger partial charge in [0.25, 0.3) is 5.69 Å². The van der Waals surface area contributed by atoms with Crippen LogP contribution in [-0.2, 0) is 11.2 Å². The predicted octanol–water partition coefficient (Wildman–Crippen LogP) is 2.11. The number of nitro benzene ring substituents is 1. The number of methoxy groups -OCH3 is 1. The molecular formula is C11H11NO4. The topological polar surface area (TPSA) is 69.4 Å². The summed E-state index contributed by atoms with van der Waals surface area (Å²) in [4.78, 5) is 21.4. The van der Waals surface area contributed by atoms with Crippen molar-refractivity contribution in [3.8, 4) is 0 Å². The van der Waals surface area contributed by atoms with E-state index in [4.69, 9.17) is 0 Å². The summed E-state index contributed by atoms with van der Waals surface area (Å²) in [6.45, 7) is 3.54. The van der Waals surface area contributed by atoms with Crippen molar-refractivity contribution in [3.63, 3.8) is 0 Å². The summed E-state index contributed by atoms with van der Waals surface area (Å²) < 4.78 is 4.52. The van der Waals surface area contributed by atoms with Crippen molar-refractivity contribution >= 4 is 11.7 Å². The number of rotatable bonds is 4. The van der Waals surface area contributed by atoms with Crippen molar-refractivity contribution < 1.29 is 14.5 Å². The van der Waals surface area contributed by atoms with Gasteiger partial charge in [0, 0.05) is 12.1 Å². The van der Waals surface area contributed by atoms with Crippen molar-refractivity contribution in [2.75, 3.05) is 7.11 Å². The molecule has 1 aromatic rings. The third-order valence-corrected chi connectivity index (χ3v) is 1.99. The lowest BCUT2D eigenvalue weighted by molar-refractivity contribution is -0.384. The lowest BCUT2D eigenvalue weighted by Gasteiger charge is -2.02. The van der Waals surface area contributed by atoms with E-state index >= 15 is 0 Å². The number of esters is 1. The van der Waals surface area contributed by atoms with Gasteiger partial charge in [0.05, 0.1) is 17.6 Å². The highest BCUT2D eigenvalue weighted by atomic mass is 16.6. The molecule has 0 spiro atoms. The maximum atomic E-state index is 11.3. The van der Waals surface area contributed by atoms with Gasteiger partial charge in [0.15, 0.2) is 0 Å². The summed E-state index contributed by atoms with van der Waals surface area (Å²) in [6.07, 6.45) is 2.08. The van der Waals surface area contributed by atoms with Gasteiger partial charge in [0.2, 0.25) is 0 Å². The molecule has 0 saturated carbocycles. The average Bonchev–Trinajstić information content (AvgIpc) is 2.28. The second-order valence-corrected chi connectivity index (χ2v) is 3.13. The van der Waals surface area contributed by atoms with Crippen LogP contribution in [0.2, 0.25) is 0 Å². The second kappa shape index (κ2) is 5.06. The minimum atomic E-state index is -0.589. The lowest BCUT2D eigenvalue weighted by atomic mass is 10.1. The van der Waals surface area contributed by atoms with Crippen molar-refractivity contribution in [1.82, 2.24) is 0 Å². The molecular weight excluding hydrogens is 210 g/mol. The Bertz CT molecular complexity index is 440. The number of nitrogens with zero attached hydrogens (tertiary/aromatic N) is 1. The summed E-state index contributed by atoms with van der Waals surface area (Å²) in [5, 5.41) is 10.6. The first-order valence-corrected chi connectivity index (χ1v) is 4.56. The number of carbonyl (C=O) groups excluding carboxylic acids is 1. The Hall–Kier alpha value is -2.17. The summed E-state index contributed by atoms with van der Waals surface area (Å²) in [6, 6.07) is 4.16. The Morgan fingerprint density at radius 1 is 1.56 bits per heavy atom. The number of hydrogen-bond donors (Lipinski definition) is 0. The van der Waals surface area contributed by atoms with Crippen LogP contribution in [0.3, 0.4) is 0 Å². The molecule has 1 rings (SSSR count). The fourth-order valence-corrected chi connectivity index (χ4v) is 1.30. The van der Waals surface area contributed by atoms with Crippen molar-refractivity contribution in [3.05, 3.63) is 52.1 Å². The van der Waals surface area contributed by atoms with Crippen LogP contribution < -0.4 is 0 Å². The molecule has 16 heavy (non-hydrogen) atoms. The molecule has 0 aliphatic carbocycles. The van der Waals surface area contributed by atoms with E-state index in [2.05, 4.69) is 11.3 Å². The first kappa shape index (κ1) is 11.9. The zero-order valence-corrected chi connectivity index (χ0v) is 8.80. The molecule has 0 N–H and O–H groups in total. The fourth-order valence-electron chi connectivity index (χ4n) is 1.30. The molecule has 84 valence electrons. The molecule has 0 saturated heterocycles. The highest BCUT2D eigenvalue weighted by Gasteiger charge is 2.14. The number of carbonyl (C=O) groups is 1. The fraction of sp³-hybridized carbons (Fsp3) is 0.182. The molecule has 0 atom stereocenters. The van der Waals surface area contributed by atoms with Crippen LogP contribution in [0.25, 0.3) is 0 Å². The Labute approximate surface area is 92.5 Å². The molecule has 0 aliphatic heterocycles. The largest absolute Gasteiger partial charge is 0.465 e. The Morgan fingerprint density at radius 3 is 2.75 bits per heavy atom. The van der Waals surface area contributed by atoms with Gasteiger partial charge in [-0.15, -0.1) is 6.58 Å². The first-order valence-electron chi connectivity index (χ1n) is 4.56. The highest BCUT2D eigenvalue weighted by Crippen LogP contribution is 2.18. The van der Waals surface area contributed by atoms with E-state index in [1.54, 1.807) is 12.1 Å². The number of non-ortho nitro benzene ring substituents is 1. The Balaban J connectivity index is 3.23. The minimum Gasteiger partial charge on any atom is -0.465 e. The van der Waals surface area contributed by atoms with Crippen LogP contribution in [0.5, 0.6) is 0 Å². The molecule has 0 fully saturated rings. The van der Waals surface area contributed by atoms with Crippen LogP contribution >= 0.6 is 0 Å². The van der Waals surface area contributed by atoms with E-state index < -0.39 is 10.9 Å². The van der Waals surface area contributed by atoms with Crippen LogP contribution in [0.1, 0.15) is 15.9 Å². The number of hydrogen-bond acceptors (Lipinski definition) is 4. The summed E-state index contributed by atoms with van der Waals surface area (Å²) in [7, 11) is 1.23. The van der Waals surface area contributed by atoms with E-state index in [1.807, 2.05) is 0 Å². The van der Waals surface area contributed by atoms with Crippen molar-refractivity contribution in [2.45, 2.75) is 6.42 Å². The molecule has 1 aromatic carbocycles. The standard InChI is InChI=1S/C11H11NO4/c1-3-4-8-5-9(11(13)16-2)7-10(6-8)12(14)15/h3,5-7H,1,4H2,2H3. The van der Waals surface area contributed by atoms with Gasteiger partial charge in [-0.05, 0) is 18.1 Å². The zero-order valence-electron chi connectivity index (χ0n) is 8.80. The second-order valence-electron chi connectivity index (χ2n) is 3.13. The third kappa shape index (κ3) is 2.66. The average molecular weight is 221 g/mol. The van der Waals surface area contributed by atoms with E-state index in [9.17, 15) is 14.9 Å². The number of benzene rings is 1. The quantitative estimate of drug-likeness (QED) is 0.338. The summed E-state index contributed by atoms with van der Waals surface area (Å²) in [5.41, 5.74) is 0.706. The maximum Gasteiger partial charge on any atom is 0.338 e. The van der Waals surface area contributed by atoms with Gasteiger partial charge < -0.3 is 4.74 Å². The van der Waals surface area contributed by atoms with Gasteiger partial charge >= 0.3 is 5.97 Å². The maximum absolute atomic E-state index is 11.3. The molecule has 0 aliphatic rings. The molecule has 0 heterocycles. The van der Waals surface area contributed by atoms with Gasteiger partial charge in [-0.25, -0.2) is 4.79 Å². The Kier molecular flexibility index (Phi) is 3.77. The minimum absolute atomic E-state index is 0.125.